The number of nitrogens with zero attached hydrogens (tertiary/aromatic N) is 1. The molecule has 0 saturated carbocycles. The van der Waals surface area contributed by atoms with Gasteiger partial charge in [-0.3, -0.25) is 0 Å². The minimum Gasteiger partial charge on any atom is -0.388 e. The number of hydrogen-bond acceptors (Lipinski definition) is 2. The van der Waals surface area contributed by atoms with Crippen LogP contribution >= 0.6 is 0 Å². The van der Waals surface area contributed by atoms with E-state index in [9.17, 15) is 5.11 Å². The number of benzene rings is 1. The van der Waals surface area contributed by atoms with Crippen LogP contribution < -0.4 is 4.90 Å². The Labute approximate surface area is 98.9 Å². The molecule has 1 atom stereocenters. The van der Waals surface area contributed by atoms with Crippen molar-refractivity contribution in [1.29, 1.82) is 0 Å². The molecule has 1 unspecified atom stereocenters. The van der Waals surface area contributed by atoms with E-state index in [1.165, 1.54) is 5.69 Å². The summed E-state index contributed by atoms with van der Waals surface area (Å²) in [4.78, 5) is 2.06. The molecular formula is C14H23NO. The van der Waals surface area contributed by atoms with Crippen molar-refractivity contribution in [3.63, 3.8) is 0 Å². The van der Waals surface area contributed by atoms with Gasteiger partial charge in [0, 0.05) is 19.8 Å². The Kier molecular flexibility index (Phi) is 4.81. The van der Waals surface area contributed by atoms with Crippen LogP contribution in [0.3, 0.4) is 0 Å². The highest BCUT2D eigenvalue weighted by Crippen LogP contribution is 2.22. The fraction of sp³-hybridized carbons (Fsp3) is 0.571. The molecule has 0 spiro atoms. The molecule has 2 nitrogen and oxygen atoms in total. The average Bonchev–Trinajstić information content (AvgIpc) is 2.26. The summed E-state index contributed by atoms with van der Waals surface area (Å²) < 4.78 is 0. The zero-order chi connectivity index (χ0) is 12.1. The highest BCUT2D eigenvalue weighted by molar-refractivity contribution is 5.46. The molecular weight excluding hydrogens is 198 g/mol. The quantitative estimate of drug-likeness (QED) is 0.825. The van der Waals surface area contributed by atoms with Crippen molar-refractivity contribution in [2.24, 2.45) is 5.92 Å². The van der Waals surface area contributed by atoms with E-state index < -0.39 is 0 Å². The van der Waals surface area contributed by atoms with Crippen LogP contribution in [0.5, 0.6) is 0 Å². The Hall–Kier alpha value is -1.02. The van der Waals surface area contributed by atoms with Crippen LogP contribution in [0.15, 0.2) is 24.3 Å². The van der Waals surface area contributed by atoms with Gasteiger partial charge in [0.25, 0.3) is 0 Å². The van der Waals surface area contributed by atoms with E-state index in [1.54, 1.807) is 0 Å². The number of aliphatic hydroxyl groups is 1. The van der Waals surface area contributed by atoms with Gasteiger partial charge in [-0.1, -0.05) is 26.0 Å². The standard InChI is InChI=1S/C14H23NO/c1-11(2)5-10-14(16)12-6-8-13(9-7-12)15(3)4/h6-9,11,14,16H,5,10H2,1-4H3. The first-order chi connectivity index (χ1) is 7.50. The first kappa shape index (κ1) is 13.0. The fourth-order valence-electron chi connectivity index (χ4n) is 1.65. The molecule has 0 bridgehead atoms. The Bertz CT molecular complexity index is 303. The highest BCUT2D eigenvalue weighted by atomic mass is 16.3. The van der Waals surface area contributed by atoms with Crippen molar-refractivity contribution in [2.75, 3.05) is 19.0 Å². The summed E-state index contributed by atoms with van der Waals surface area (Å²) in [6.45, 7) is 4.36. The van der Waals surface area contributed by atoms with Gasteiger partial charge in [0.2, 0.25) is 0 Å². The first-order valence-corrected chi connectivity index (χ1v) is 5.96. The topological polar surface area (TPSA) is 23.5 Å². The van der Waals surface area contributed by atoms with Crippen molar-refractivity contribution in [1.82, 2.24) is 0 Å². The lowest BCUT2D eigenvalue weighted by molar-refractivity contribution is 0.159. The Balaban J connectivity index is 2.59. The monoisotopic (exact) mass is 221 g/mol. The van der Waals surface area contributed by atoms with Gasteiger partial charge in [-0.25, -0.2) is 0 Å². The molecule has 0 aliphatic rings. The fourth-order valence-corrected chi connectivity index (χ4v) is 1.65. The molecule has 0 aliphatic carbocycles. The minimum absolute atomic E-state index is 0.321. The van der Waals surface area contributed by atoms with Gasteiger partial charge in [-0.15, -0.1) is 0 Å². The maximum absolute atomic E-state index is 9.99. The first-order valence-electron chi connectivity index (χ1n) is 5.96. The Morgan fingerprint density at radius 2 is 1.62 bits per heavy atom. The predicted molar refractivity (Wildman–Crippen MR) is 69.8 cm³/mol. The molecule has 0 radical (unpaired) electrons. The van der Waals surface area contributed by atoms with E-state index in [0.29, 0.717) is 5.92 Å². The predicted octanol–water partition coefficient (Wildman–Crippen LogP) is 3.22. The molecule has 0 heterocycles. The zero-order valence-electron chi connectivity index (χ0n) is 10.8. The lowest BCUT2D eigenvalue weighted by Gasteiger charge is -2.15. The molecule has 0 saturated heterocycles. The maximum atomic E-state index is 9.99. The minimum atomic E-state index is -0.321. The molecule has 0 aliphatic heterocycles. The summed E-state index contributed by atoms with van der Waals surface area (Å²) >= 11 is 0. The molecule has 1 aromatic rings. The molecule has 90 valence electrons. The second kappa shape index (κ2) is 5.90. The second-order valence-electron chi connectivity index (χ2n) is 4.97. The molecule has 1 aromatic carbocycles. The van der Waals surface area contributed by atoms with Crippen LogP contribution in [-0.4, -0.2) is 19.2 Å². The Morgan fingerprint density at radius 1 is 1.06 bits per heavy atom. The molecule has 16 heavy (non-hydrogen) atoms. The normalized spacial score (nSPS) is 12.9. The van der Waals surface area contributed by atoms with Crippen LogP contribution in [0.4, 0.5) is 5.69 Å². The second-order valence-corrected chi connectivity index (χ2v) is 4.97. The van der Waals surface area contributed by atoms with Gasteiger partial charge < -0.3 is 10.0 Å². The van der Waals surface area contributed by atoms with E-state index in [-0.39, 0.29) is 6.10 Å². The largest absolute Gasteiger partial charge is 0.388 e. The van der Waals surface area contributed by atoms with E-state index >= 15 is 0 Å². The van der Waals surface area contributed by atoms with Crippen LogP contribution in [0.25, 0.3) is 0 Å². The molecule has 2 heteroatoms. The van der Waals surface area contributed by atoms with Gasteiger partial charge in [0.1, 0.15) is 0 Å². The van der Waals surface area contributed by atoms with E-state index in [2.05, 4.69) is 18.7 Å². The van der Waals surface area contributed by atoms with Crippen molar-refractivity contribution in [3.8, 4) is 0 Å². The summed E-state index contributed by atoms with van der Waals surface area (Å²) in [6, 6.07) is 8.13. The maximum Gasteiger partial charge on any atom is 0.0790 e. The molecule has 0 fully saturated rings. The van der Waals surface area contributed by atoms with Gasteiger partial charge in [0.15, 0.2) is 0 Å². The van der Waals surface area contributed by atoms with Gasteiger partial charge in [0.05, 0.1) is 6.10 Å². The summed E-state index contributed by atoms with van der Waals surface area (Å²) in [5, 5.41) is 9.99. The summed E-state index contributed by atoms with van der Waals surface area (Å²) in [5.41, 5.74) is 2.19. The third-order valence-corrected chi connectivity index (χ3v) is 2.81. The van der Waals surface area contributed by atoms with Crippen LogP contribution in [0.1, 0.15) is 38.4 Å². The molecule has 0 aromatic heterocycles. The van der Waals surface area contributed by atoms with Crippen molar-refractivity contribution < 1.29 is 5.11 Å². The van der Waals surface area contributed by atoms with E-state index in [1.807, 2.05) is 38.4 Å². The number of aliphatic hydroxyl groups excluding tert-OH is 1. The zero-order valence-corrected chi connectivity index (χ0v) is 10.8. The van der Waals surface area contributed by atoms with E-state index in [4.69, 9.17) is 0 Å². The van der Waals surface area contributed by atoms with Crippen LogP contribution in [0, 0.1) is 5.92 Å². The van der Waals surface area contributed by atoms with Crippen LogP contribution in [-0.2, 0) is 0 Å². The van der Waals surface area contributed by atoms with Crippen LogP contribution in [0.2, 0.25) is 0 Å². The SMILES string of the molecule is CC(C)CCC(O)c1ccc(N(C)C)cc1. The van der Waals surface area contributed by atoms with Gasteiger partial charge in [-0.2, -0.15) is 0 Å². The summed E-state index contributed by atoms with van der Waals surface area (Å²) in [6.07, 6.45) is 1.59. The van der Waals surface area contributed by atoms with Gasteiger partial charge >= 0.3 is 0 Å². The third kappa shape index (κ3) is 3.86. The summed E-state index contributed by atoms with van der Waals surface area (Å²) in [5.74, 6) is 0.649. The molecule has 0 amide bonds. The van der Waals surface area contributed by atoms with Crippen molar-refractivity contribution in [2.45, 2.75) is 32.8 Å². The van der Waals surface area contributed by atoms with E-state index in [0.717, 1.165) is 18.4 Å². The molecule has 1 N–H and O–H groups in total. The summed E-state index contributed by atoms with van der Waals surface area (Å²) in [7, 11) is 4.04. The lowest BCUT2D eigenvalue weighted by atomic mass is 10.00. The third-order valence-electron chi connectivity index (χ3n) is 2.81. The molecule has 1 rings (SSSR count). The average molecular weight is 221 g/mol. The number of hydrogen-bond donors (Lipinski definition) is 1. The van der Waals surface area contributed by atoms with Crippen molar-refractivity contribution >= 4 is 5.69 Å². The number of anilines is 1. The lowest BCUT2D eigenvalue weighted by Crippen LogP contribution is -2.08. The highest BCUT2D eigenvalue weighted by Gasteiger charge is 2.08. The smallest absolute Gasteiger partial charge is 0.0790 e. The number of rotatable bonds is 5. The Morgan fingerprint density at radius 3 is 2.06 bits per heavy atom. The van der Waals surface area contributed by atoms with Gasteiger partial charge in [-0.05, 0) is 36.5 Å². The van der Waals surface area contributed by atoms with Crippen molar-refractivity contribution in [3.05, 3.63) is 29.8 Å².